The first kappa shape index (κ1) is 14.3. The van der Waals surface area contributed by atoms with Crippen LogP contribution in [0.3, 0.4) is 0 Å². The minimum Gasteiger partial charge on any atom is -0.476 e. The second-order valence-corrected chi connectivity index (χ2v) is 4.34. The molecule has 0 fully saturated rings. The van der Waals surface area contributed by atoms with E-state index in [4.69, 9.17) is 16.3 Å². The zero-order valence-electron chi connectivity index (χ0n) is 11.1. The van der Waals surface area contributed by atoms with Crippen molar-refractivity contribution in [3.63, 3.8) is 0 Å². The molecule has 0 aliphatic carbocycles. The zero-order valence-corrected chi connectivity index (χ0v) is 11.9. The fourth-order valence-corrected chi connectivity index (χ4v) is 1.89. The van der Waals surface area contributed by atoms with Gasteiger partial charge in [0.25, 0.3) is 5.91 Å². The maximum atomic E-state index is 12.2. The van der Waals surface area contributed by atoms with Crippen molar-refractivity contribution in [1.29, 1.82) is 0 Å². The van der Waals surface area contributed by atoms with Crippen molar-refractivity contribution >= 4 is 23.2 Å². The van der Waals surface area contributed by atoms with E-state index in [-0.39, 0.29) is 5.91 Å². The highest BCUT2D eigenvalue weighted by atomic mass is 35.5. The highest BCUT2D eigenvalue weighted by molar-refractivity contribution is 6.17. The van der Waals surface area contributed by atoms with Gasteiger partial charge in [0.05, 0.1) is 6.61 Å². The van der Waals surface area contributed by atoms with Crippen LogP contribution in [0.25, 0.3) is 0 Å². The molecule has 1 heterocycles. The number of alkyl halides is 1. The van der Waals surface area contributed by atoms with Crippen molar-refractivity contribution in [1.82, 2.24) is 4.98 Å². The third kappa shape index (κ3) is 3.48. The first-order chi connectivity index (χ1) is 9.74. The van der Waals surface area contributed by atoms with Gasteiger partial charge < -0.3 is 10.1 Å². The smallest absolute Gasteiger partial charge is 0.255 e. The number of pyridine rings is 1. The van der Waals surface area contributed by atoms with E-state index in [0.717, 1.165) is 5.56 Å². The monoisotopic (exact) mass is 290 g/mol. The predicted octanol–water partition coefficient (Wildman–Crippen LogP) is 3.47. The number of carbonyl (C=O) groups excluding carboxylic acids is 1. The Hall–Kier alpha value is -2.07. The molecule has 0 bridgehead atoms. The number of anilines is 1. The van der Waals surface area contributed by atoms with E-state index in [9.17, 15) is 4.79 Å². The Labute approximate surface area is 122 Å². The van der Waals surface area contributed by atoms with Crippen LogP contribution in [-0.4, -0.2) is 17.5 Å². The first-order valence-corrected chi connectivity index (χ1v) is 6.82. The van der Waals surface area contributed by atoms with Gasteiger partial charge in [-0.3, -0.25) is 4.79 Å². The van der Waals surface area contributed by atoms with Crippen LogP contribution in [0.2, 0.25) is 0 Å². The van der Waals surface area contributed by atoms with E-state index in [1.165, 1.54) is 0 Å². The fourth-order valence-electron chi connectivity index (χ4n) is 1.73. The number of rotatable bonds is 5. The topological polar surface area (TPSA) is 51.2 Å². The van der Waals surface area contributed by atoms with E-state index in [2.05, 4.69) is 10.3 Å². The van der Waals surface area contributed by atoms with E-state index >= 15 is 0 Å². The molecule has 1 aromatic heterocycles. The SMILES string of the molecule is CCOc1ncccc1NC(=O)c1cccc(CCl)c1. The van der Waals surface area contributed by atoms with Gasteiger partial charge in [0, 0.05) is 17.6 Å². The number of ether oxygens (including phenoxy) is 1. The molecule has 2 rings (SSSR count). The fraction of sp³-hybridized carbons (Fsp3) is 0.200. The first-order valence-electron chi connectivity index (χ1n) is 6.28. The van der Waals surface area contributed by atoms with Crippen LogP contribution in [0.5, 0.6) is 5.88 Å². The minimum atomic E-state index is -0.217. The number of hydrogen-bond acceptors (Lipinski definition) is 3. The molecule has 5 heteroatoms. The van der Waals surface area contributed by atoms with Gasteiger partial charge in [0.2, 0.25) is 5.88 Å². The molecule has 0 aliphatic rings. The number of hydrogen-bond donors (Lipinski definition) is 1. The lowest BCUT2D eigenvalue weighted by atomic mass is 10.1. The molecular weight excluding hydrogens is 276 g/mol. The largest absolute Gasteiger partial charge is 0.476 e. The van der Waals surface area contributed by atoms with Gasteiger partial charge in [-0.1, -0.05) is 12.1 Å². The standard InChI is InChI=1S/C15H15ClN2O2/c1-2-20-15-13(7-4-8-17-15)18-14(19)12-6-3-5-11(9-12)10-16/h3-9H,2,10H2,1H3,(H,18,19). The molecule has 1 amide bonds. The van der Waals surface area contributed by atoms with Crippen LogP contribution in [0, 0.1) is 0 Å². The van der Waals surface area contributed by atoms with Gasteiger partial charge in [-0.15, -0.1) is 11.6 Å². The van der Waals surface area contributed by atoms with E-state index in [1.807, 2.05) is 13.0 Å². The molecule has 0 saturated carbocycles. The predicted molar refractivity (Wildman–Crippen MR) is 79.4 cm³/mol. The summed E-state index contributed by atoms with van der Waals surface area (Å²) in [5.41, 5.74) is 2.00. The summed E-state index contributed by atoms with van der Waals surface area (Å²) in [5, 5.41) is 2.79. The lowest BCUT2D eigenvalue weighted by molar-refractivity contribution is 0.102. The van der Waals surface area contributed by atoms with Crippen molar-refractivity contribution < 1.29 is 9.53 Å². The Morgan fingerprint density at radius 1 is 1.35 bits per heavy atom. The second kappa shape index (κ2) is 6.91. The van der Waals surface area contributed by atoms with Gasteiger partial charge >= 0.3 is 0 Å². The second-order valence-electron chi connectivity index (χ2n) is 4.08. The van der Waals surface area contributed by atoms with Crippen molar-refractivity contribution in [2.75, 3.05) is 11.9 Å². The van der Waals surface area contributed by atoms with Crippen LogP contribution >= 0.6 is 11.6 Å². The lowest BCUT2D eigenvalue weighted by Gasteiger charge is -2.10. The normalized spacial score (nSPS) is 10.1. The van der Waals surface area contributed by atoms with Crippen LogP contribution < -0.4 is 10.1 Å². The Morgan fingerprint density at radius 2 is 2.20 bits per heavy atom. The summed E-state index contributed by atoms with van der Waals surface area (Å²) in [4.78, 5) is 16.3. The molecule has 0 saturated heterocycles. The number of aromatic nitrogens is 1. The summed E-state index contributed by atoms with van der Waals surface area (Å²) in [6.07, 6.45) is 1.62. The molecule has 104 valence electrons. The summed E-state index contributed by atoms with van der Waals surface area (Å²) in [7, 11) is 0. The van der Waals surface area contributed by atoms with Gasteiger partial charge in [0.15, 0.2) is 0 Å². The Morgan fingerprint density at radius 3 is 2.95 bits per heavy atom. The average Bonchev–Trinajstić information content (AvgIpc) is 2.49. The highest BCUT2D eigenvalue weighted by Gasteiger charge is 2.10. The molecular formula is C15H15ClN2O2. The lowest BCUT2D eigenvalue weighted by Crippen LogP contribution is -2.13. The molecule has 0 unspecified atom stereocenters. The number of halogens is 1. The van der Waals surface area contributed by atoms with Crippen molar-refractivity contribution in [2.24, 2.45) is 0 Å². The summed E-state index contributed by atoms with van der Waals surface area (Å²) in [6.45, 7) is 2.35. The quantitative estimate of drug-likeness (QED) is 0.858. The van der Waals surface area contributed by atoms with E-state index in [0.29, 0.717) is 29.6 Å². The summed E-state index contributed by atoms with van der Waals surface area (Å²) in [5.74, 6) is 0.570. The highest BCUT2D eigenvalue weighted by Crippen LogP contribution is 2.21. The van der Waals surface area contributed by atoms with Crippen LogP contribution in [0.4, 0.5) is 5.69 Å². The molecule has 20 heavy (non-hydrogen) atoms. The van der Waals surface area contributed by atoms with Gasteiger partial charge in [0.1, 0.15) is 5.69 Å². The number of amides is 1. The van der Waals surface area contributed by atoms with Gasteiger partial charge in [-0.05, 0) is 36.8 Å². The number of nitrogens with zero attached hydrogens (tertiary/aromatic N) is 1. The average molecular weight is 291 g/mol. The summed E-state index contributed by atoms with van der Waals surface area (Å²) < 4.78 is 5.37. The number of nitrogens with one attached hydrogen (secondary N) is 1. The van der Waals surface area contributed by atoms with E-state index < -0.39 is 0 Å². The van der Waals surface area contributed by atoms with Crippen LogP contribution in [0.1, 0.15) is 22.8 Å². The number of carbonyl (C=O) groups is 1. The molecule has 1 aromatic carbocycles. The maximum absolute atomic E-state index is 12.2. The van der Waals surface area contributed by atoms with Crippen molar-refractivity contribution in [2.45, 2.75) is 12.8 Å². The molecule has 0 atom stereocenters. The molecule has 4 nitrogen and oxygen atoms in total. The van der Waals surface area contributed by atoms with Gasteiger partial charge in [-0.2, -0.15) is 0 Å². The zero-order chi connectivity index (χ0) is 14.4. The molecule has 0 radical (unpaired) electrons. The molecule has 0 spiro atoms. The van der Waals surface area contributed by atoms with E-state index in [1.54, 1.807) is 36.5 Å². The molecule has 2 aromatic rings. The third-order valence-electron chi connectivity index (χ3n) is 2.64. The minimum absolute atomic E-state index is 0.217. The van der Waals surface area contributed by atoms with Crippen LogP contribution in [-0.2, 0) is 5.88 Å². The molecule has 0 aliphatic heterocycles. The molecule has 1 N–H and O–H groups in total. The van der Waals surface area contributed by atoms with Gasteiger partial charge in [-0.25, -0.2) is 4.98 Å². The van der Waals surface area contributed by atoms with Crippen LogP contribution in [0.15, 0.2) is 42.6 Å². The Kier molecular flexibility index (Phi) is 4.96. The van der Waals surface area contributed by atoms with Crippen molar-refractivity contribution in [3.8, 4) is 5.88 Å². The summed E-state index contributed by atoms with van der Waals surface area (Å²) in [6, 6.07) is 10.7. The van der Waals surface area contributed by atoms with Crippen molar-refractivity contribution in [3.05, 3.63) is 53.7 Å². The Balaban J connectivity index is 2.19. The maximum Gasteiger partial charge on any atom is 0.255 e. The number of benzene rings is 1. The Bertz CT molecular complexity index is 602. The third-order valence-corrected chi connectivity index (χ3v) is 2.95. The summed E-state index contributed by atoms with van der Waals surface area (Å²) >= 11 is 5.77.